The van der Waals surface area contributed by atoms with E-state index in [0.717, 1.165) is 44.7 Å². The Hall–Kier alpha value is -5.22. The van der Waals surface area contributed by atoms with Gasteiger partial charge < -0.3 is 4.74 Å². The van der Waals surface area contributed by atoms with Crippen molar-refractivity contribution in [2.24, 2.45) is 5.92 Å². The average molecular weight is 512 g/mol. The number of nitrogens with zero attached hydrogens (tertiary/aromatic N) is 3. The van der Waals surface area contributed by atoms with Gasteiger partial charge in [-0.05, 0) is 58.7 Å². The first kappa shape index (κ1) is 20.7. The van der Waals surface area contributed by atoms with E-state index in [1.54, 1.807) is 0 Å². The molecule has 0 radical (unpaired) electrons. The van der Waals surface area contributed by atoms with Gasteiger partial charge in [-0.2, -0.15) is 0 Å². The Morgan fingerprint density at radius 2 is 1.62 bits per heavy atom. The molecule has 10 rings (SSSR count). The summed E-state index contributed by atoms with van der Waals surface area (Å²) < 4.78 is 8.50. The van der Waals surface area contributed by atoms with Crippen LogP contribution in [0.25, 0.3) is 55.5 Å². The van der Waals surface area contributed by atoms with Crippen molar-refractivity contribution in [1.29, 1.82) is 0 Å². The minimum absolute atomic E-state index is 0.369. The van der Waals surface area contributed by atoms with Gasteiger partial charge in [0.2, 0.25) is 5.95 Å². The van der Waals surface area contributed by atoms with Crippen molar-refractivity contribution in [2.75, 3.05) is 0 Å². The summed E-state index contributed by atoms with van der Waals surface area (Å²) in [6.07, 6.45) is 13.6. The van der Waals surface area contributed by atoms with Crippen LogP contribution in [0.2, 0.25) is 0 Å². The summed E-state index contributed by atoms with van der Waals surface area (Å²) in [6.45, 7) is 0. The highest BCUT2D eigenvalue weighted by molar-refractivity contribution is 6.16. The summed E-state index contributed by atoms with van der Waals surface area (Å²) in [5.74, 6) is 3.05. The minimum atomic E-state index is 0.369. The van der Waals surface area contributed by atoms with E-state index in [0.29, 0.717) is 17.8 Å². The zero-order chi connectivity index (χ0) is 25.9. The molecule has 4 heteroatoms. The molecule has 3 heterocycles. The van der Waals surface area contributed by atoms with Crippen LogP contribution in [0.5, 0.6) is 11.5 Å². The Labute approximate surface area is 229 Å². The zero-order valence-corrected chi connectivity index (χ0v) is 21.4. The highest BCUT2D eigenvalue weighted by Crippen LogP contribution is 2.56. The molecule has 3 aliphatic carbocycles. The van der Waals surface area contributed by atoms with Crippen LogP contribution in [0.3, 0.4) is 0 Å². The Bertz CT molecular complexity index is 2260. The SMILES string of the molecule is C1=CC2=CC=CC3c4ccc5c(c4C(=C1)C23)c1ccccc1n5-c1nc2c3c(cccc3n1)Oc1ccccc1-2. The van der Waals surface area contributed by atoms with E-state index in [-0.39, 0.29) is 0 Å². The molecule has 0 amide bonds. The molecule has 0 spiro atoms. The maximum Gasteiger partial charge on any atom is 0.235 e. The van der Waals surface area contributed by atoms with E-state index in [1.165, 1.54) is 33.0 Å². The zero-order valence-electron chi connectivity index (χ0n) is 21.4. The standard InChI is InChI=1S/C36H21N3O/c1-3-15-27-23(10-1)33-28(19-18-22-21-12-5-8-20-9-6-13-25(31(20)21)32(22)33)39(27)36-37-26-14-7-17-30-34(26)35(38-36)24-11-2-4-16-29(24)40-30/h1-19,21,31H. The molecule has 40 heavy (non-hydrogen) atoms. The van der Waals surface area contributed by atoms with Gasteiger partial charge in [-0.25, -0.2) is 9.97 Å². The van der Waals surface area contributed by atoms with Gasteiger partial charge in [-0.15, -0.1) is 0 Å². The molecular weight excluding hydrogens is 490 g/mol. The molecule has 0 saturated heterocycles. The van der Waals surface area contributed by atoms with Crippen LogP contribution in [0.4, 0.5) is 0 Å². The second-order valence-electron chi connectivity index (χ2n) is 10.9. The number of hydrogen-bond donors (Lipinski definition) is 0. The summed E-state index contributed by atoms with van der Waals surface area (Å²) in [7, 11) is 0. The molecule has 186 valence electrons. The largest absolute Gasteiger partial charge is 0.456 e. The first-order valence-electron chi connectivity index (χ1n) is 13.8. The highest BCUT2D eigenvalue weighted by atomic mass is 16.5. The van der Waals surface area contributed by atoms with Crippen molar-refractivity contribution in [2.45, 2.75) is 5.92 Å². The van der Waals surface area contributed by atoms with Gasteiger partial charge in [0, 0.05) is 28.2 Å². The lowest BCUT2D eigenvalue weighted by molar-refractivity contribution is 0.486. The van der Waals surface area contributed by atoms with Gasteiger partial charge in [0.15, 0.2) is 0 Å². The third-order valence-corrected chi connectivity index (χ3v) is 8.98. The molecule has 6 aromatic rings. The maximum atomic E-state index is 6.25. The Morgan fingerprint density at radius 1 is 0.725 bits per heavy atom. The van der Waals surface area contributed by atoms with Crippen LogP contribution in [0, 0.1) is 5.92 Å². The van der Waals surface area contributed by atoms with E-state index in [9.17, 15) is 0 Å². The summed E-state index contributed by atoms with van der Waals surface area (Å²) in [5.41, 5.74) is 10.6. The molecule has 0 bridgehead atoms. The van der Waals surface area contributed by atoms with Gasteiger partial charge >= 0.3 is 0 Å². The molecule has 0 saturated carbocycles. The lowest BCUT2D eigenvalue weighted by Gasteiger charge is -2.24. The van der Waals surface area contributed by atoms with Crippen molar-refractivity contribution in [3.05, 3.63) is 132 Å². The molecule has 2 unspecified atom stereocenters. The quantitative estimate of drug-likeness (QED) is 0.221. The molecule has 4 aromatic carbocycles. The van der Waals surface area contributed by atoms with E-state index in [4.69, 9.17) is 14.7 Å². The maximum absolute atomic E-state index is 6.25. The summed E-state index contributed by atoms with van der Waals surface area (Å²) >= 11 is 0. The Morgan fingerprint density at radius 3 is 2.62 bits per heavy atom. The van der Waals surface area contributed by atoms with Gasteiger partial charge in [-0.1, -0.05) is 78.9 Å². The monoisotopic (exact) mass is 511 g/mol. The normalized spacial score (nSPS) is 19.3. The molecule has 2 atom stereocenters. The second-order valence-corrected chi connectivity index (χ2v) is 10.9. The van der Waals surface area contributed by atoms with E-state index in [1.807, 2.05) is 30.3 Å². The van der Waals surface area contributed by atoms with E-state index < -0.39 is 0 Å². The van der Waals surface area contributed by atoms with E-state index >= 15 is 0 Å². The van der Waals surface area contributed by atoms with Gasteiger partial charge in [0.1, 0.15) is 11.5 Å². The van der Waals surface area contributed by atoms with Crippen LogP contribution < -0.4 is 4.74 Å². The van der Waals surface area contributed by atoms with Crippen LogP contribution in [0.15, 0.2) is 121 Å². The minimum Gasteiger partial charge on any atom is -0.456 e. The lowest BCUT2D eigenvalue weighted by atomic mass is 9.79. The summed E-state index contributed by atoms with van der Waals surface area (Å²) in [6, 6.07) is 27.5. The smallest absolute Gasteiger partial charge is 0.235 e. The fraction of sp³-hybridized carbons (Fsp3) is 0.0556. The third kappa shape index (κ3) is 2.47. The fourth-order valence-electron chi connectivity index (χ4n) is 7.40. The molecule has 1 aliphatic heterocycles. The van der Waals surface area contributed by atoms with Crippen LogP contribution in [0.1, 0.15) is 17.0 Å². The van der Waals surface area contributed by atoms with E-state index in [2.05, 4.69) is 89.6 Å². The second kappa shape index (κ2) is 7.25. The van der Waals surface area contributed by atoms with Crippen molar-refractivity contribution in [3.8, 4) is 28.7 Å². The number of allylic oxidation sites excluding steroid dienone is 8. The number of fused-ring (bicyclic) bond motifs is 9. The van der Waals surface area contributed by atoms with Gasteiger partial charge in [0.25, 0.3) is 0 Å². The number of benzene rings is 4. The number of rotatable bonds is 1. The van der Waals surface area contributed by atoms with Crippen LogP contribution >= 0.6 is 0 Å². The predicted molar refractivity (Wildman–Crippen MR) is 160 cm³/mol. The van der Waals surface area contributed by atoms with Crippen LogP contribution in [-0.4, -0.2) is 14.5 Å². The molecule has 4 nitrogen and oxygen atoms in total. The average Bonchev–Trinajstić information content (AvgIpc) is 3.51. The summed E-state index contributed by atoms with van der Waals surface area (Å²) in [4.78, 5) is 10.4. The van der Waals surface area contributed by atoms with Crippen molar-refractivity contribution < 1.29 is 4.74 Å². The highest BCUT2D eigenvalue weighted by Gasteiger charge is 2.40. The van der Waals surface area contributed by atoms with Crippen molar-refractivity contribution >= 4 is 38.3 Å². The predicted octanol–water partition coefficient (Wildman–Crippen LogP) is 8.66. The molecule has 0 N–H and O–H groups in total. The topological polar surface area (TPSA) is 39.9 Å². The van der Waals surface area contributed by atoms with Crippen molar-refractivity contribution in [1.82, 2.24) is 14.5 Å². The molecule has 2 aromatic heterocycles. The molecule has 0 fully saturated rings. The molecule has 4 aliphatic rings. The number of ether oxygens (including phenoxy) is 1. The Balaban J connectivity index is 1.33. The van der Waals surface area contributed by atoms with Gasteiger partial charge in [-0.3, -0.25) is 4.57 Å². The molecular formula is C36H21N3O. The first-order chi connectivity index (χ1) is 19.8. The number of hydrogen-bond acceptors (Lipinski definition) is 3. The van der Waals surface area contributed by atoms with Gasteiger partial charge in [0.05, 0.1) is 27.6 Å². The van der Waals surface area contributed by atoms with Crippen LogP contribution in [-0.2, 0) is 0 Å². The lowest BCUT2D eigenvalue weighted by Crippen LogP contribution is -2.11. The Kier molecular flexibility index (Phi) is 3.75. The summed E-state index contributed by atoms with van der Waals surface area (Å²) in [5, 5.41) is 3.47. The first-order valence-corrected chi connectivity index (χ1v) is 13.8. The fourth-order valence-corrected chi connectivity index (χ4v) is 7.40. The third-order valence-electron chi connectivity index (χ3n) is 8.98. The number of para-hydroxylation sites is 2. The van der Waals surface area contributed by atoms with Crippen molar-refractivity contribution in [3.63, 3.8) is 0 Å². The number of aromatic nitrogens is 3.